The molecule has 1 aliphatic heterocycles. The van der Waals surface area contributed by atoms with Crippen LogP contribution in [0.25, 0.3) is 0 Å². The average molecular weight is 469 g/mol. The van der Waals surface area contributed by atoms with Crippen LogP contribution in [0.5, 0.6) is 5.75 Å². The monoisotopic (exact) mass is 468 g/mol. The molecule has 6 nitrogen and oxygen atoms in total. The number of amides is 1. The van der Waals surface area contributed by atoms with Crippen LogP contribution in [-0.4, -0.2) is 39.4 Å². The zero-order valence-corrected chi connectivity index (χ0v) is 19.3. The third kappa shape index (κ3) is 4.92. The normalized spacial score (nSPS) is 13.7. The molecule has 0 saturated carbocycles. The van der Waals surface area contributed by atoms with Crippen LogP contribution in [0.3, 0.4) is 0 Å². The number of nitrogens with zero attached hydrogens (tertiary/aromatic N) is 1. The third-order valence-corrected chi connectivity index (χ3v) is 7.65. The van der Waals surface area contributed by atoms with Gasteiger partial charge in [0.2, 0.25) is 0 Å². The van der Waals surface area contributed by atoms with Crippen LogP contribution >= 0.6 is 11.8 Å². The molecule has 3 aromatic rings. The van der Waals surface area contributed by atoms with E-state index in [1.807, 2.05) is 42.5 Å². The summed E-state index contributed by atoms with van der Waals surface area (Å²) in [7, 11) is -2.45. The number of hydrogen-bond acceptors (Lipinski definition) is 5. The topological polar surface area (TPSA) is 75.7 Å². The molecule has 3 aromatic carbocycles. The van der Waals surface area contributed by atoms with E-state index in [4.69, 9.17) is 4.74 Å². The van der Waals surface area contributed by atoms with Gasteiger partial charge in [-0.05, 0) is 55.3 Å². The van der Waals surface area contributed by atoms with E-state index in [-0.39, 0.29) is 16.4 Å². The number of hydrogen-bond donors (Lipinski definition) is 1. The molecular weight excluding hydrogens is 444 g/mol. The van der Waals surface area contributed by atoms with E-state index >= 15 is 0 Å². The Morgan fingerprint density at radius 2 is 1.66 bits per heavy atom. The molecule has 1 saturated heterocycles. The molecule has 1 N–H and O–H groups in total. The van der Waals surface area contributed by atoms with E-state index in [1.54, 1.807) is 17.0 Å². The fourth-order valence-electron chi connectivity index (χ4n) is 3.57. The van der Waals surface area contributed by atoms with Gasteiger partial charge in [-0.15, -0.1) is 0 Å². The molecule has 4 rings (SSSR count). The van der Waals surface area contributed by atoms with Crippen molar-refractivity contribution in [1.82, 2.24) is 4.90 Å². The maximum atomic E-state index is 13.2. The van der Waals surface area contributed by atoms with Crippen LogP contribution in [0.2, 0.25) is 0 Å². The molecule has 0 atom stereocenters. The van der Waals surface area contributed by atoms with Gasteiger partial charge in [0.1, 0.15) is 5.75 Å². The van der Waals surface area contributed by atoms with Crippen LogP contribution in [-0.2, 0) is 10.0 Å². The summed E-state index contributed by atoms with van der Waals surface area (Å²) in [6.45, 7) is 1.34. The maximum Gasteiger partial charge on any atom is 0.261 e. The highest BCUT2D eigenvalue weighted by Crippen LogP contribution is 2.34. The molecular formula is C24H24N2O4S2. The van der Waals surface area contributed by atoms with Crippen molar-refractivity contribution in [2.45, 2.75) is 27.5 Å². The lowest BCUT2D eigenvalue weighted by atomic mass is 10.1. The van der Waals surface area contributed by atoms with Gasteiger partial charge in [0, 0.05) is 22.9 Å². The highest BCUT2D eigenvalue weighted by Gasteiger charge is 2.25. The van der Waals surface area contributed by atoms with Crippen molar-refractivity contribution in [2.24, 2.45) is 0 Å². The Kier molecular flexibility index (Phi) is 6.72. The van der Waals surface area contributed by atoms with E-state index in [9.17, 15) is 13.2 Å². The van der Waals surface area contributed by atoms with E-state index in [0.717, 1.165) is 22.6 Å². The molecule has 166 valence electrons. The van der Waals surface area contributed by atoms with Crippen molar-refractivity contribution in [2.75, 3.05) is 24.9 Å². The third-order valence-electron chi connectivity index (χ3n) is 5.21. The van der Waals surface area contributed by atoms with Gasteiger partial charge in [-0.25, -0.2) is 8.42 Å². The molecule has 0 aromatic heterocycles. The number of carbonyl (C=O) groups is 1. The smallest absolute Gasteiger partial charge is 0.261 e. The van der Waals surface area contributed by atoms with Gasteiger partial charge in [0.05, 0.1) is 23.3 Å². The Balaban J connectivity index is 1.63. The standard InChI is InChI=1S/C24H24N2O4S2/c1-30-22-14-13-19(17-20(22)24(27)26-15-7-8-16-26)32(28,29)25-21-11-5-6-12-23(21)31-18-9-3-2-4-10-18/h2-6,9-14,17,25H,7-8,15-16H2,1H3. The number of ether oxygens (including phenoxy) is 1. The number of anilines is 1. The summed E-state index contributed by atoms with van der Waals surface area (Å²) in [4.78, 5) is 16.5. The lowest BCUT2D eigenvalue weighted by Gasteiger charge is -2.18. The van der Waals surface area contributed by atoms with Crippen LogP contribution in [0.15, 0.2) is 87.5 Å². The maximum absolute atomic E-state index is 13.2. The number of methoxy groups -OCH3 is 1. The molecule has 1 aliphatic rings. The average Bonchev–Trinajstić information content (AvgIpc) is 3.35. The summed E-state index contributed by atoms with van der Waals surface area (Å²) in [6, 6.07) is 21.4. The van der Waals surface area contributed by atoms with Crippen molar-refractivity contribution in [1.29, 1.82) is 0 Å². The minimum Gasteiger partial charge on any atom is -0.496 e. The number of benzene rings is 3. The summed E-state index contributed by atoms with van der Waals surface area (Å²) in [5.41, 5.74) is 0.730. The molecule has 0 radical (unpaired) electrons. The molecule has 0 aliphatic carbocycles. The lowest BCUT2D eigenvalue weighted by Crippen LogP contribution is -2.28. The van der Waals surface area contributed by atoms with Crippen molar-refractivity contribution in [3.8, 4) is 5.75 Å². The van der Waals surface area contributed by atoms with E-state index in [1.165, 1.54) is 37.1 Å². The zero-order chi connectivity index (χ0) is 22.6. The first kappa shape index (κ1) is 22.2. The summed E-state index contributed by atoms with van der Waals surface area (Å²) in [5.74, 6) is 0.150. The molecule has 1 amide bonds. The van der Waals surface area contributed by atoms with Crippen LogP contribution in [0.1, 0.15) is 23.2 Å². The molecule has 0 bridgehead atoms. The summed E-state index contributed by atoms with van der Waals surface area (Å²) < 4.78 is 34.4. The van der Waals surface area contributed by atoms with Crippen molar-refractivity contribution in [3.63, 3.8) is 0 Å². The zero-order valence-electron chi connectivity index (χ0n) is 17.7. The second-order valence-corrected chi connectivity index (χ2v) is 10.2. The van der Waals surface area contributed by atoms with Gasteiger partial charge in [-0.1, -0.05) is 42.1 Å². The molecule has 0 unspecified atom stereocenters. The fourth-order valence-corrected chi connectivity index (χ4v) is 5.66. The highest BCUT2D eigenvalue weighted by molar-refractivity contribution is 7.99. The quantitative estimate of drug-likeness (QED) is 0.535. The SMILES string of the molecule is COc1ccc(S(=O)(=O)Nc2ccccc2Sc2ccccc2)cc1C(=O)N1CCCC1. The predicted molar refractivity (Wildman–Crippen MR) is 126 cm³/mol. The van der Waals surface area contributed by atoms with Crippen LogP contribution < -0.4 is 9.46 Å². The molecule has 1 fully saturated rings. The van der Waals surface area contributed by atoms with Gasteiger partial charge in [-0.2, -0.15) is 0 Å². The Hall–Kier alpha value is -2.97. The predicted octanol–water partition coefficient (Wildman–Crippen LogP) is 4.88. The van der Waals surface area contributed by atoms with Crippen molar-refractivity contribution in [3.05, 3.63) is 78.4 Å². The van der Waals surface area contributed by atoms with Gasteiger partial charge in [-0.3, -0.25) is 9.52 Å². The molecule has 8 heteroatoms. The Morgan fingerprint density at radius 3 is 2.38 bits per heavy atom. The second kappa shape index (κ2) is 9.67. The molecule has 0 spiro atoms. The first-order valence-corrected chi connectivity index (χ1v) is 12.6. The minimum absolute atomic E-state index is 0.0142. The number of likely N-dealkylation sites (tertiary alicyclic amines) is 1. The van der Waals surface area contributed by atoms with Gasteiger partial charge in [0.15, 0.2) is 0 Å². The van der Waals surface area contributed by atoms with E-state index in [2.05, 4.69) is 4.72 Å². The molecule has 1 heterocycles. The van der Waals surface area contributed by atoms with E-state index < -0.39 is 10.0 Å². The number of nitrogens with one attached hydrogen (secondary N) is 1. The Morgan fingerprint density at radius 1 is 0.969 bits per heavy atom. The van der Waals surface area contributed by atoms with Gasteiger partial charge >= 0.3 is 0 Å². The number of carbonyl (C=O) groups excluding carboxylic acids is 1. The fraction of sp³-hybridized carbons (Fsp3) is 0.208. The van der Waals surface area contributed by atoms with Crippen LogP contribution in [0.4, 0.5) is 5.69 Å². The van der Waals surface area contributed by atoms with Gasteiger partial charge in [0.25, 0.3) is 15.9 Å². The largest absolute Gasteiger partial charge is 0.496 e. The first-order chi connectivity index (χ1) is 15.5. The minimum atomic E-state index is -3.92. The van der Waals surface area contributed by atoms with Gasteiger partial charge < -0.3 is 9.64 Å². The van der Waals surface area contributed by atoms with Crippen LogP contribution in [0, 0.1) is 0 Å². The Bertz CT molecular complexity index is 1210. The Labute approximate surface area is 192 Å². The number of sulfonamides is 1. The first-order valence-electron chi connectivity index (χ1n) is 10.3. The summed E-state index contributed by atoms with van der Waals surface area (Å²) >= 11 is 1.47. The lowest BCUT2D eigenvalue weighted by molar-refractivity contribution is 0.0789. The number of para-hydroxylation sites is 1. The van der Waals surface area contributed by atoms with E-state index in [0.29, 0.717) is 24.5 Å². The summed E-state index contributed by atoms with van der Waals surface area (Å²) in [6.07, 6.45) is 1.90. The summed E-state index contributed by atoms with van der Waals surface area (Å²) in [5, 5.41) is 0. The number of rotatable bonds is 7. The second-order valence-electron chi connectivity index (χ2n) is 7.38. The molecule has 32 heavy (non-hydrogen) atoms. The highest BCUT2D eigenvalue weighted by atomic mass is 32.2. The van der Waals surface area contributed by atoms with Crippen molar-refractivity contribution < 1.29 is 17.9 Å². The van der Waals surface area contributed by atoms with Crippen molar-refractivity contribution >= 4 is 33.4 Å².